The van der Waals surface area contributed by atoms with Gasteiger partial charge in [-0.3, -0.25) is 14.3 Å². The van der Waals surface area contributed by atoms with Crippen molar-refractivity contribution in [1.29, 1.82) is 0 Å². The average molecular weight is 422 g/mol. The molecular formula is C23H18N8O. The number of hydrogen-bond donors (Lipinski definition) is 1. The Morgan fingerprint density at radius 3 is 2.81 bits per heavy atom. The van der Waals surface area contributed by atoms with Crippen molar-refractivity contribution in [2.24, 2.45) is 0 Å². The maximum atomic E-state index is 12.9. The van der Waals surface area contributed by atoms with Crippen LogP contribution in [0.1, 0.15) is 29.4 Å². The lowest BCUT2D eigenvalue weighted by atomic mass is 10.2. The molecule has 6 rings (SSSR count). The fraction of sp³-hybridized carbons (Fsp3) is 0.130. The third-order valence-electron chi connectivity index (χ3n) is 5.47. The van der Waals surface area contributed by atoms with Gasteiger partial charge in [-0.05, 0) is 49.2 Å². The normalized spacial score (nSPS) is 13.4. The van der Waals surface area contributed by atoms with E-state index in [4.69, 9.17) is 0 Å². The molecule has 0 aliphatic heterocycles. The largest absolute Gasteiger partial charge is 0.321 e. The number of benzene rings is 1. The molecule has 1 aliphatic rings. The summed E-state index contributed by atoms with van der Waals surface area (Å²) in [5.74, 6) is 0.513. The lowest BCUT2D eigenvalue weighted by molar-refractivity contribution is 0.102. The number of fused-ring (bicyclic) bond motifs is 1. The Balaban J connectivity index is 1.27. The zero-order chi connectivity index (χ0) is 21.5. The van der Waals surface area contributed by atoms with Crippen LogP contribution in [0.5, 0.6) is 0 Å². The summed E-state index contributed by atoms with van der Waals surface area (Å²) in [5, 5.41) is 11.3. The van der Waals surface area contributed by atoms with Gasteiger partial charge in [-0.15, -0.1) is 10.2 Å². The molecule has 156 valence electrons. The zero-order valence-corrected chi connectivity index (χ0v) is 17.0. The van der Waals surface area contributed by atoms with Gasteiger partial charge in [0.15, 0.2) is 11.5 Å². The van der Waals surface area contributed by atoms with Crippen LogP contribution in [-0.2, 0) is 0 Å². The molecule has 1 N–H and O–H groups in total. The highest BCUT2D eigenvalue weighted by Gasteiger charge is 2.26. The van der Waals surface area contributed by atoms with E-state index >= 15 is 0 Å². The van der Waals surface area contributed by atoms with Gasteiger partial charge in [0.2, 0.25) is 0 Å². The predicted molar refractivity (Wildman–Crippen MR) is 118 cm³/mol. The molecule has 0 radical (unpaired) electrons. The van der Waals surface area contributed by atoms with Crippen molar-refractivity contribution in [3.63, 3.8) is 0 Å². The van der Waals surface area contributed by atoms with Gasteiger partial charge in [0.05, 0.1) is 11.2 Å². The van der Waals surface area contributed by atoms with Gasteiger partial charge in [0.25, 0.3) is 5.91 Å². The van der Waals surface area contributed by atoms with Crippen LogP contribution < -0.4 is 5.32 Å². The molecule has 1 fully saturated rings. The van der Waals surface area contributed by atoms with Crippen LogP contribution in [0.2, 0.25) is 0 Å². The number of pyridine rings is 2. The maximum Gasteiger partial charge on any atom is 0.274 e. The number of amides is 1. The fourth-order valence-corrected chi connectivity index (χ4v) is 3.75. The Kier molecular flexibility index (Phi) is 4.24. The molecule has 32 heavy (non-hydrogen) atoms. The molecule has 5 aromatic rings. The molecule has 0 saturated heterocycles. The van der Waals surface area contributed by atoms with E-state index in [1.54, 1.807) is 31.1 Å². The van der Waals surface area contributed by atoms with Gasteiger partial charge in [-0.2, -0.15) is 0 Å². The van der Waals surface area contributed by atoms with Gasteiger partial charge in [-0.1, -0.05) is 12.1 Å². The monoisotopic (exact) mass is 422 g/mol. The summed E-state index contributed by atoms with van der Waals surface area (Å²) in [6.45, 7) is 0. The summed E-state index contributed by atoms with van der Waals surface area (Å²) >= 11 is 0. The van der Waals surface area contributed by atoms with Crippen LogP contribution in [0.15, 0.2) is 73.6 Å². The predicted octanol–water partition coefficient (Wildman–Crippen LogP) is 3.66. The number of nitrogens with zero attached hydrogens (tertiary/aromatic N) is 7. The Morgan fingerprint density at radius 2 is 1.91 bits per heavy atom. The van der Waals surface area contributed by atoms with Crippen molar-refractivity contribution in [3.05, 3.63) is 79.3 Å². The summed E-state index contributed by atoms with van der Waals surface area (Å²) in [4.78, 5) is 25.8. The molecule has 1 amide bonds. The lowest BCUT2D eigenvalue weighted by Gasteiger charge is -2.09. The fourth-order valence-electron chi connectivity index (χ4n) is 3.75. The van der Waals surface area contributed by atoms with Gasteiger partial charge >= 0.3 is 0 Å². The van der Waals surface area contributed by atoms with Gasteiger partial charge in [0.1, 0.15) is 18.3 Å². The number of carbonyl (C=O) groups is 1. The molecule has 9 heteroatoms. The van der Waals surface area contributed by atoms with E-state index in [0.717, 1.165) is 35.4 Å². The van der Waals surface area contributed by atoms with Gasteiger partial charge in [0, 0.05) is 29.7 Å². The molecule has 1 saturated carbocycles. The van der Waals surface area contributed by atoms with E-state index in [2.05, 4.69) is 35.0 Å². The van der Waals surface area contributed by atoms with Crippen molar-refractivity contribution in [1.82, 2.24) is 34.3 Å². The molecule has 1 aliphatic carbocycles. The Hall–Kier alpha value is -4.40. The number of imidazole rings is 1. The quantitative estimate of drug-likeness (QED) is 0.464. The number of carbonyl (C=O) groups excluding carboxylic acids is 1. The van der Waals surface area contributed by atoms with Crippen molar-refractivity contribution in [2.75, 3.05) is 5.32 Å². The Labute approximate surface area is 182 Å². The van der Waals surface area contributed by atoms with Crippen LogP contribution in [-0.4, -0.2) is 40.2 Å². The first-order chi connectivity index (χ1) is 15.8. The van der Waals surface area contributed by atoms with E-state index < -0.39 is 0 Å². The summed E-state index contributed by atoms with van der Waals surface area (Å²) in [5.41, 5.74) is 4.17. The second-order valence-corrected chi connectivity index (χ2v) is 7.69. The highest BCUT2D eigenvalue weighted by atomic mass is 16.1. The van der Waals surface area contributed by atoms with Crippen LogP contribution in [0.3, 0.4) is 0 Å². The smallest absolute Gasteiger partial charge is 0.274 e. The van der Waals surface area contributed by atoms with Gasteiger partial charge in [-0.25, -0.2) is 9.97 Å². The van der Waals surface area contributed by atoms with Crippen molar-refractivity contribution >= 4 is 22.8 Å². The minimum atomic E-state index is -0.296. The van der Waals surface area contributed by atoms with Gasteiger partial charge < -0.3 is 9.88 Å². The summed E-state index contributed by atoms with van der Waals surface area (Å²) in [6, 6.07) is 15.4. The minimum absolute atomic E-state index is 0.296. The standard InChI is InChI=1S/C23H18N8O/c32-23(19-12-18(8-10-24-19)30-13-26-21-20(30)5-2-9-25-21)28-16-4-1-3-15(11-16)22-29-27-14-31(22)17-6-7-17/h1-5,8-14,17H,6-7H2,(H,28,32). The highest BCUT2D eigenvalue weighted by molar-refractivity contribution is 6.03. The van der Waals surface area contributed by atoms with E-state index in [9.17, 15) is 4.79 Å². The number of anilines is 1. The van der Waals surface area contributed by atoms with Crippen LogP contribution in [0.25, 0.3) is 28.2 Å². The minimum Gasteiger partial charge on any atom is -0.321 e. The van der Waals surface area contributed by atoms with E-state index in [1.807, 2.05) is 47.0 Å². The summed E-state index contributed by atoms with van der Waals surface area (Å²) in [6.07, 6.45) is 9.06. The first-order valence-electron chi connectivity index (χ1n) is 10.3. The van der Waals surface area contributed by atoms with Crippen LogP contribution >= 0.6 is 0 Å². The SMILES string of the molecule is O=C(Nc1cccc(-c2nncn2C2CC2)c1)c1cc(-n2cnc3ncccc32)ccn1. The van der Waals surface area contributed by atoms with Crippen molar-refractivity contribution in [3.8, 4) is 17.1 Å². The van der Waals surface area contributed by atoms with E-state index in [1.165, 1.54) is 0 Å². The molecule has 9 nitrogen and oxygen atoms in total. The highest BCUT2D eigenvalue weighted by Crippen LogP contribution is 2.37. The molecule has 0 atom stereocenters. The number of hydrogen-bond acceptors (Lipinski definition) is 6. The molecule has 0 bridgehead atoms. The third kappa shape index (κ3) is 3.29. The van der Waals surface area contributed by atoms with Crippen molar-refractivity contribution < 1.29 is 4.79 Å². The molecule has 1 aromatic carbocycles. The molecule has 0 unspecified atom stereocenters. The average Bonchev–Trinajstić information content (AvgIpc) is 3.39. The Bertz CT molecular complexity index is 1450. The zero-order valence-electron chi connectivity index (χ0n) is 17.0. The van der Waals surface area contributed by atoms with E-state index in [-0.39, 0.29) is 5.91 Å². The number of rotatable bonds is 5. The Morgan fingerprint density at radius 1 is 0.969 bits per heavy atom. The molecule has 4 heterocycles. The lowest BCUT2D eigenvalue weighted by Crippen LogP contribution is -2.14. The molecule has 4 aromatic heterocycles. The summed E-state index contributed by atoms with van der Waals surface area (Å²) < 4.78 is 3.97. The van der Waals surface area contributed by atoms with Crippen LogP contribution in [0.4, 0.5) is 5.69 Å². The molecule has 0 spiro atoms. The van der Waals surface area contributed by atoms with E-state index in [0.29, 0.717) is 23.1 Å². The second-order valence-electron chi connectivity index (χ2n) is 7.69. The third-order valence-corrected chi connectivity index (χ3v) is 5.47. The topological polar surface area (TPSA) is 103 Å². The summed E-state index contributed by atoms with van der Waals surface area (Å²) in [7, 11) is 0. The second kappa shape index (κ2) is 7.38. The number of nitrogens with one attached hydrogen (secondary N) is 1. The first kappa shape index (κ1) is 18.4. The first-order valence-corrected chi connectivity index (χ1v) is 10.3. The van der Waals surface area contributed by atoms with Crippen molar-refractivity contribution in [2.45, 2.75) is 18.9 Å². The van der Waals surface area contributed by atoms with Crippen LogP contribution in [0, 0.1) is 0 Å². The number of aromatic nitrogens is 7. The maximum absolute atomic E-state index is 12.9. The molecular weight excluding hydrogens is 404 g/mol.